The lowest BCUT2D eigenvalue weighted by atomic mass is 10.0. The molecule has 0 aliphatic carbocycles. The molecule has 31 heavy (non-hydrogen) atoms. The molecule has 3 aromatic carbocycles. The predicted octanol–water partition coefficient (Wildman–Crippen LogP) is 6.00. The van der Waals surface area contributed by atoms with E-state index in [9.17, 15) is 9.59 Å². The van der Waals surface area contributed by atoms with Crippen LogP contribution >= 0.6 is 23.2 Å². The van der Waals surface area contributed by atoms with Crippen LogP contribution in [0.4, 0.5) is 5.69 Å². The maximum absolute atomic E-state index is 13.1. The Morgan fingerprint density at radius 3 is 2.52 bits per heavy atom. The average molecular weight is 453 g/mol. The number of fused-ring (bicyclic) bond motifs is 1. The van der Waals surface area contributed by atoms with E-state index in [1.54, 1.807) is 41.3 Å². The van der Waals surface area contributed by atoms with Crippen LogP contribution in [0.1, 0.15) is 50.4 Å². The first-order valence-electron chi connectivity index (χ1n) is 10.1. The lowest BCUT2D eigenvalue weighted by molar-refractivity contribution is 0.0938. The van der Waals surface area contributed by atoms with E-state index in [0.717, 1.165) is 28.8 Å². The lowest BCUT2D eigenvalue weighted by Crippen LogP contribution is -2.29. The van der Waals surface area contributed by atoms with Crippen molar-refractivity contribution in [3.05, 3.63) is 98.5 Å². The zero-order chi connectivity index (χ0) is 22.1. The number of nitrogens with zero attached hydrogens (tertiary/aromatic N) is 1. The molecule has 1 aliphatic heterocycles. The highest BCUT2D eigenvalue weighted by atomic mass is 35.5. The largest absolute Gasteiger partial charge is 0.346 e. The van der Waals surface area contributed by atoms with E-state index in [1.165, 1.54) is 0 Å². The fraction of sp³-hybridized carbons (Fsp3) is 0.200. The minimum atomic E-state index is -0.173. The first-order chi connectivity index (χ1) is 14.8. The molecular formula is C25H22Cl2N2O2. The Kier molecular flexibility index (Phi) is 6.03. The fourth-order valence-electron chi connectivity index (χ4n) is 3.85. The van der Waals surface area contributed by atoms with Crippen LogP contribution in [0.2, 0.25) is 10.0 Å². The van der Waals surface area contributed by atoms with Gasteiger partial charge in [0.05, 0.1) is 6.04 Å². The molecule has 158 valence electrons. The number of hydrogen-bond acceptors (Lipinski definition) is 2. The smallest absolute Gasteiger partial charge is 0.258 e. The van der Waals surface area contributed by atoms with Crippen LogP contribution in [0.25, 0.3) is 0 Å². The summed E-state index contributed by atoms with van der Waals surface area (Å²) < 4.78 is 0. The molecule has 0 bridgehead atoms. The van der Waals surface area contributed by atoms with Gasteiger partial charge in [0.15, 0.2) is 0 Å². The normalized spacial score (nSPS) is 13.6. The first kappa shape index (κ1) is 21.4. The molecule has 0 aromatic heterocycles. The minimum absolute atomic E-state index is 0.0458. The summed E-state index contributed by atoms with van der Waals surface area (Å²) in [4.78, 5) is 27.4. The van der Waals surface area contributed by atoms with Gasteiger partial charge in [0.2, 0.25) is 0 Å². The third kappa shape index (κ3) is 4.32. The van der Waals surface area contributed by atoms with Gasteiger partial charge >= 0.3 is 0 Å². The molecule has 1 unspecified atom stereocenters. The van der Waals surface area contributed by atoms with Gasteiger partial charge in [-0.3, -0.25) is 9.59 Å². The molecule has 1 atom stereocenters. The van der Waals surface area contributed by atoms with E-state index in [-0.39, 0.29) is 17.9 Å². The maximum atomic E-state index is 13.1. The second-order valence-electron chi connectivity index (χ2n) is 7.71. The summed E-state index contributed by atoms with van der Waals surface area (Å²) in [5, 5.41) is 4.20. The van der Waals surface area contributed by atoms with Crippen molar-refractivity contribution in [2.24, 2.45) is 0 Å². The second kappa shape index (κ2) is 8.74. The zero-order valence-corrected chi connectivity index (χ0v) is 18.8. The molecule has 1 aliphatic rings. The Bertz CT molecular complexity index is 1160. The standard InChI is InChI=1S/C25H22Cl2N2O2/c1-15-21(4-3-5-22(15)27)25(31)29-13-12-19-14-18(8-11-23(19)29)16(2)28-24(30)17-6-9-20(26)10-7-17/h3-11,14,16H,12-13H2,1-2H3,(H,28,30). The summed E-state index contributed by atoms with van der Waals surface area (Å²) >= 11 is 12.1. The highest BCUT2D eigenvalue weighted by molar-refractivity contribution is 6.32. The van der Waals surface area contributed by atoms with E-state index < -0.39 is 0 Å². The molecule has 1 heterocycles. The molecule has 2 amide bonds. The van der Waals surface area contributed by atoms with Crippen molar-refractivity contribution in [3.63, 3.8) is 0 Å². The fourth-order valence-corrected chi connectivity index (χ4v) is 4.15. The molecule has 0 saturated heterocycles. The Labute approximate surface area is 191 Å². The summed E-state index contributed by atoms with van der Waals surface area (Å²) in [5.74, 6) is -0.200. The SMILES string of the molecule is Cc1c(Cl)cccc1C(=O)N1CCc2cc(C(C)NC(=O)c3ccc(Cl)cc3)ccc21. The van der Waals surface area contributed by atoms with Gasteiger partial charge in [-0.2, -0.15) is 0 Å². The van der Waals surface area contributed by atoms with E-state index in [1.807, 2.05) is 32.0 Å². The van der Waals surface area contributed by atoms with E-state index >= 15 is 0 Å². The van der Waals surface area contributed by atoms with Crippen LogP contribution in [0, 0.1) is 6.92 Å². The summed E-state index contributed by atoms with van der Waals surface area (Å²) in [6, 6.07) is 18.0. The topological polar surface area (TPSA) is 49.4 Å². The Morgan fingerprint density at radius 1 is 1.03 bits per heavy atom. The number of carbonyl (C=O) groups is 2. The summed E-state index contributed by atoms with van der Waals surface area (Å²) in [7, 11) is 0. The van der Waals surface area contributed by atoms with Gasteiger partial charge in [-0.25, -0.2) is 0 Å². The molecule has 0 saturated carbocycles. The number of amides is 2. The van der Waals surface area contributed by atoms with Gasteiger partial charge in [0.25, 0.3) is 11.8 Å². The monoisotopic (exact) mass is 452 g/mol. The van der Waals surface area contributed by atoms with Crippen molar-refractivity contribution in [2.45, 2.75) is 26.3 Å². The summed E-state index contributed by atoms with van der Waals surface area (Å²) in [6.07, 6.45) is 0.770. The van der Waals surface area contributed by atoms with Crippen molar-refractivity contribution in [2.75, 3.05) is 11.4 Å². The average Bonchev–Trinajstić information content (AvgIpc) is 3.19. The van der Waals surface area contributed by atoms with Crippen LogP contribution in [-0.2, 0) is 6.42 Å². The van der Waals surface area contributed by atoms with Crippen LogP contribution in [0.3, 0.4) is 0 Å². The third-order valence-electron chi connectivity index (χ3n) is 5.70. The van der Waals surface area contributed by atoms with Gasteiger partial charge < -0.3 is 10.2 Å². The van der Waals surface area contributed by atoms with Crippen LogP contribution in [0.15, 0.2) is 60.7 Å². The van der Waals surface area contributed by atoms with Crippen LogP contribution < -0.4 is 10.2 Å². The number of rotatable bonds is 4. The molecule has 4 nitrogen and oxygen atoms in total. The van der Waals surface area contributed by atoms with Crippen molar-refractivity contribution in [1.82, 2.24) is 5.32 Å². The summed E-state index contributed by atoms with van der Waals surface area (Å²) in [6.45, 7) is 4.43. The van der Waals surface area contributed by atoms with E-state index in [4.69, 9.17) is 23.2 Å². The van der Waals surface area contributed by atoms with Crippen LogP contribution in [0.5, 0.6) is 0 Å². The third-order valence-corrected chi connectivity index (χ3v) is 6.36. The predicted molar refractivity (Wildman–Crippen MR) is 125 cm³/mol. The second-order valence-corrected chi connectivity index (χ2v) is 8.55. The number of anilines is 1. The molecule has 6 heteroatoms. The quantitative estimate of drug-likeness (QED) is 0.527. The van der Waals surface area contributed by atoms with Crippen molar-refractivity contribution in [3.8, 4) is 0 Å². The molecule has 0 fully saturated rings. The van der Waals surface area contributed by atoms with Gasteiger partial charge in [-0.1, -0.05) is 41.4 Å². The van der Waals surface area contributed by atoms with E-state index in [0.29, 0.717) is 27.7 Å². The summed E-state index contributed by atoms with van der Waals surface area (Å²) in [5.41, 5.74) is 4.97. The Morgan fingerprint density at radius 2 is 1.77 bits per heavy atom. The lowest BCUT2D eigenvalue weighted by Gasteiger charge is -2.20. The molecule has 0 spiro atoms. The number of halogens is 2. The first-order valence-corrected chi connectivity index (χ1v) is 10.9. The number of benzene rings is 3. The Balaban J connectivity index is 1.51. The van der Waals surface area contributed by atoms with Gasteiger partial charge in [-0.05, 0) is 79.4 Å². The van der Waals surface area contributed by atoms with Gasteiger partial charge in [0, 0.05) is 33.4 Å². The van der Waals surface area contributed by atoms with Crippen LogP contribution in [-0.4, -0.2) is 18.4 Å². The molecule has 4 rings (SSSR count). The molecule has 0 radical (unpaired) electrons. The highest BCUT2D eigenvalue weighted by Crippen LogP contribution is 2.33. The number of hydrogen-bond donors (Lipinski definition) is 1. The molecule has 1 N–H and O–H groups in total. The highest BCUT2D eigenvalue weighted by Gasteiger charge is 2.27. The number of nitrogens with one attached hydrogen (secondary N) is 1. The zero-order valence-electron chi connectivity index (χ0n) is 17.3. The van der Waals surface area contributed by atoms with Crippen molar-refractivity contribution < 1.29 is 9.59 Å². The van der Waals surface area contributed by atoms with Crippen molar-refractivity contribution in [1.29, 1.82) is 0 Å². The number of carbonyl (C=O) groups excluding carboxylic acids is 2. The molecular weight excluding hydrogens is 431 g/mol. The van der Waals surface area contributed by atoms with Gasteiger partial charge in [0.1, 0.15) is 0 Å². The van der Waals surface area contributed by atoms with Gasteiger partial charge in [-0.15, -0.1) is 0 Å². The molecule has 3 aromatic rings. The Hall–Kier alpha value is -2.82. The van der Waals surface area contributed by atoms with E-state index in [2.05, 4.69) is 11.4 Å². The van der Waals surface area contributed by atoms with Crippen molar-refractivity contribution >= 4 is 40.7 Å². The maximum Gasteiger partial charge on any atom is 0.258 e. The minimum Gasteiger partial charge on any atom is -0.346 e.